The van der Waals surface area contributed by atoms with Gasteiger partial charge in [0.1, 0.15) is 0 Å². The van der Waals surface area contributed by atoms with Gasteiger partial charge in [-0.15, -0.1) is 0 Å². The van der Waals surface area contributed by atoms with Crippen molar-refractivity contribution >= 4 is 52.7 Å². The number of carboxylic acid groups (broad SMARTS) is 1. The Labute approximate surface area is 154 Å². The maximum absolute atomic E-state index is 12.7. The zero-order valence-electron chi connectivity index (χ0n) is 13.3. The van der Waals surface area contributed by atoms with Crippen molar-refractivity contribution in [3.63, 3.8) is 0 Å². The van der Waals surface area contributed by atoms with Crippen LogP contribution < -0.4 is 10.2 Å². The number of rotatable bonds is 4. The Morgan fingerprint density at radius 1 is 1.12 bits per heavy atom. The lowest BCUT2D eigenvalue weighted by molar-refractivity contribution is -0.130. The molecule has 1 heterocycles. The average molecular weight is 367 g/mol. The summed E-state index contributed by atoms with van der Waals surface area (Å²) in [6, 6.07) is 14.5. The van der Waals surface area contributed by atoms with Crippen LogP contribution in [0.4, 0.5) is 11.4 Å². The summed E-state index contributed by atoms with van der Waals surface area (Å²) >= 11 is 5.11. The van der Waals surface area contributed by atoms with E-state index in [-0.39, 0.29) is 10.7 Å². The second kappa shape index (κ2) is 7.24. The molecule has 7 nitrogen and oxygen atoms in total. The summed E-state index contributed by atoms with van der Waals surface area (Å²) in [7, 11) is 0. The Hall–Kier alpha value is -3.39. The molecular weight excluding hydrogens is 354 g/mol. The number of anilines is 1. The van der Waals surface area contributed by atoms with E-state index in [9.17, 15) is 14.4 Å². The molecule has 1 fully saturated rings. The average Bonchev–Trinajstić information content (AvgIpc) is 2.62. The van der Waals surface area contributed by atoms with Crippen LogP contribution in [0.1, 0.15) is 10.4 Å². The predicted octanol–water partition coefficient (Wildman–Crippen LogP) is 2.15. The number of carbonyl (C=O) groups excluding carboxylic acids is 2. The molecule has 0 radical (unpaired) electrons. The zero-order valence-corrected chi connectivity index (χ0v) is 14.1. The number of carbonyl (C=O) groups is 3. The van der Waals surface area contributed by atoms with Gasteiger partial charge in [-0.3, -0.25) is 19.5 Å². The third-order valence-corrected chi connectivity index (χ3v) is 3.99. The first kappa shape index (κ1) is 17.4. The molecule has 1 saturated heterocycles. The standard InChI is InChI=1S/C18H13N3O4S/c22-15-14(10-19-12-8-6-11(7-9-12)17(24)25)16(23)21(18(26)20-15)13-4-2-1-3-5-13/h1-10,14H,(H,24,25)(H,20,22,26). The molecular formula is C18H13N3O4S. The first-order valence-electron chi connectivity index (χ1n) is 7.59. The quantitative estimate of drug-likeness (QED) is 0.490. The Bertz CT molecular complexity index is 910. The summed E-state index contributed by atoms with van der Waals surface area (Å²) in [5.41, 5.74) is 1.10. The maximum Gasteiger partial charge on any atom is 0.335 e. The van der Waals surface area contributed by atoms with Crippen LogP contribution in [0.15, 0.2) is 59.6 Å². The smallest absolute Gasteiger partial charge is 0.335 e. The topological polar surface area (TPSA) is 99.1 Å². The van der Waals surface area contributed by atoms with Gasteiger partial charge >= 0.3 is 5.97 Å². The van der Waals surface area contributed by atoms with Gasteiger partial charge in [0.05, 0.1) is 16.9 Å². The molecule has 2 aromatic rings. The van der Waals surface area contributed by atoms with Gasteiger partial charge in [-0.25, -0.2) is 4.79 Å². The van der Waals surface area contributed by atoms with E-state index in [1.54, 1.807) is 30.3 Å². The fraction of sp³-hybridized carbons (Fsp3) is 0.0556. The Balaban J connectivity index is 1.84. The molecule has 2 N–H and O–H groups in total. The number of nitrogens with zero attached hydrogens (tertiary/aromatic N) is 2. The van der Waals surface area contributed by atoms with E-state index < -0.39 is 23.7 Å². The number of aromatic carboxylic acids is 1. The SMILES string of the molecule is O=C(O)c1ccc(N=CC2C(=O)NC(=S)N(c3ccccc3)C2=O)cc1. The van der Waals surface area contributed by atoms with Gasteiger partial charge in [0.15, 0.2) is 11.0 Å². The van der Waals surface area contributed by atoms with Crippen LogP contribution in [0.25, 0.3) is 0 Å². The van der Waals surface area contributed by atoms with Gasteiger partial charge in [-0.1, -0.05) is 18.2 Å². The minimum absolute atomic E-state index is 0.0154. The molecule has 26 heavy (non-hydrogen) atoms. The summed E-state index contributed by atoms with van der Waals surface area (Å²) in [6.07, 6.45) is 1.23. The molecule has 1 atom stereocenters. The molecule has 0 aliphatic carbocycles. The van der Waals surface area contributed by atoms with Crippen LogP contribution in [-0.4, -0.2) is 34.2 Å². The van der Waals surface area contributed by atoms with E-state index in [1.165, 1.54) is 35.4 Å². The number of hydrogen-bond donors (Lipinski definition) is 2. The number of carboxylic acids is 1. The van der Waals surface area contributed by atoms with Crippen molar-refractivity contribution in [3.8, 4) is 0 Å². The van der Waals surface area contributed by atoms with Crippen molar-refractivity contribution in [1.29, 1.82) is 0 Å². The summed E-state index contributed by atoms with van der Waals surface area (Å²) in [6.45, 7) is 0. The maximum atomic E-state index is 12.7. The Morgan fingerprint density at radius 2 is 1.77 bits per heavy atom. The summed E-state index contributed by atoms with van der Waals surface area (Å²) in [5.74, 6) is -3.25. The minimum atomic E-state index is -1.14. The molecule has 0 aromatic heterocycles. The van der Waals surface area contributed by atoms with Crippen molar-refractivity contribution in [1.82, 2.24) is 5.32 Å². The van der Waals surface area contributed by atoms with Crippen LogP contribution in [0, 0.1) is 5.92 Å². The minimum Gasteiger partial charge on any atom is -0.478 e. The summed E-state index contributed by atoms with van der Waals surface area (Å²) in [5, 5.41) is 11.4. The van der Waals surface area contributed by atoms with Crippen LogP contribution in [0.3, 0.4) is 0 Å². The summed E-state index contributed by atoms with van der Waals surface area (Å²) < 4.78 is 0. The number of nitrogens with one attached hydrogen (secondary N) is 1. The van der Waals surface area contributed by atoms with E-state index in [0.29, 0.717) is 11.4 Å². The van der Waals surface area contributed by atoms with E-state index in [1.807, 2.05) is 0 Å². The van der Waals surface area contributed by atoms with Crippen molar-refractivity contribution < 1.29 is 19.5 Å². The van der Waals surface area contributed by atoms with Crippen molar-refractivity contribution in [2.75, 3.05) is 4.90 Å². The molecule has 3 rings (SSSR count). The molecule has 0 bridgehead atoms. The molecule has 0 saturated carbocycles. The Morgan fingerprint density at radius 3 is 2.38 bits per heavy atom. The van der Waals surface area contributed by atoms with E-state index in [0.717, 1.165) is 0 Å². The predicted molar refractivity (Wildman–Crippen MR) is 99.7 cm³/mol. The van der Waals surface area contributed by atoms with Crippen molar-refractivity contribution in [2.45, 2.75) is 0 Å². The highest BCUT2D eigenvalue weighted by atomic mass is 32.1. The molecule has 0 spiro atoms. The second-order valence-electron chi connectivity index (χ2n) is 5.41. The van der Waals surface area contributed by atoms with Crippen LogP contribution in [0.2, 0.25) is 0 Å². The summed E-state index contributed by atoms with van der Waals surface area (Å²) in [4.78, 5) is 41.1. The zero-order chi connectivity index (χ0) is 18.7. The monoisotopic (exact) mass is 367 g/mol. The lowest BCUT2D eigenvalue weighted by Gasteiger charge is -2.30. The molecule has 2 aromatic carbocycles. The second-order valence-corrected chi connectivity index (χ2v) is 5.80. The number of amides is 2. The van der Waals surface area contributed by atoms with E-state index in [2.05, 4.69) is 10.3 Å². The fourth-order valence-electron chi connectivity index (χ4n) is 2.39. The normalized spacial score (nSPS) is 17.5. The fourth-order valence-corrected chi connectivity index (χ4v) is 2.69. The van der Waals surface area contributed by atoms with Gasteiger partial charge < -0.3 is 10.4 Å². The van der Waals surface area contributed by atoms with Gasteiger partial charge in [0.2, 0.25) is 5.91 Å². The van der Waals surface area contributed by atoms with Crippen molar-refractivity contribution in [3.05, 3.63) is 60.2 Å². The molecule has 1 aliphatic heterocycles. The lowest BCUT2D eigenvalue weighted by atomic mass is 10.1. The highest BCUT2D eigenvalue weighted by molar-refractivity contribution is 7.80. The first-order chi connectivity index (χ1) is 12.5. The number of benzene rings is 2. The van der Waals surface area contributed by atoms with Gasteiger partial charge in [-0.05, 0) is 48.6 Å². The van der Waals surface area contributed by atoms with Crippen LogP contribution in [0.5, 0.6) is 0 Å². The van der Waals surface area contributed by atoms with Crippen LogP contribution >= 0.6 is 12.2 Å². The molecule has 1 aliphatic rings. The molecule has 1 unspecified atom stereocenters. The van der Waals surface area contributed by atoms with Crippen molar-refractivity contribution in [2.24, 2.45) is 10.9 Å². The van der Waals surface area contributed by atoms with E-state index >= 15 is 0 Å². The van der Waals surface area contributed by atoms with Gasteiger partial charge in [0.25, 0.3) is 5.91 Å². The Kier molecular flexibility index (Phi) is 4.85. The third kappa shape index (κ3) is 3.50. The van der Waals surface area contributed by atoms with Crippen LogP contribution in [-0.2, 0) is 9.59 Å². The highest BCUT2D eigenvalue weighted by Gasteiger charge is 2.38. The number of thiocarbonyl (C=S) groups is 1. The first-order valence-corrected chi connectivity index (χ1v) is 7.99. The number of aliphatic imine (C=N–C) groups is 1. The molecule has 130 valence electrons. The van der Waals surface area contributed by atoms with Gasteiger partial charge in [0, 0.05) is 6.21 Å². The van der Waals surface area contributed by atoms with Gasteiger partial charge in [-0.2, -0.15) is 0 Å². The number of hydrogen-bond acceptors (Lipinski definition) is 5. The third-order valence-electron chi connectivity index (χ3n) is 3.70. The highest BCUT2D eigenvalue weighted by Crippen LogP contribution is 2.20. The lowest BCUT2D eigenvalue weighted by Crippen LogP contribution is -2.58. The largest absolute Gasteiger partial charge is 0.478 e. The van der Waals surface area contributed by atoms with E-state index in [4.69, 9.17) is 17.3 Å². The number of para-hydroxylation sites is 1. The molecule has 2 amide bonds. The molecule has 8 heteroatoms.